The summed E-state index contributed by atoms with van der Waals surface area (Å²) in [5, 5.41) is 9.09. The molecule has 1 aromatic carbocycles. The molecule has 0 bridgehead atoms. The van der Waals surface area contributed by atoms with Crippen LogP contribution in [0.1, 0.15) is 63.8 Å². The van der Waals surface area contributed by atoms with Crippen LogP contribution in [0.25, 0.3) is 11.0 Å². The summed E-state index contributed by atoms with van der Waals surface area (Å²) in [5.41, 5.74) is 3.17. The van der Waals surface area contributed by atoms with E-state index in [1.807, 2.05) is 12.1 Å². The van der Waals surface area contributed by atoms with Gasteiger partial charge >= 0.3 is 0 Å². The van der Waals surface area contributed by atoms with Crippen LogP contribution in [0, 0.1) is 16.7 Å². The summed E-state index contributed by atoms with van der Waals surface area (Å²) in [4.78, 5) is 4.93. The first-order valence-corrected chi connectivity index (χ1v) is 7.97. The van der Waals surface area contributed by atoms with Gasteiger partial charge in [-0.05, 0) is 42.9 Å². The van der Waals surface area contributed by atoms with Gasteiger partial charge in [0.15, 0.2) is 0 Å². The number of nitriles is 1. The van der Waals surface area contributed by atoms with E-state index in [1.54, 1.807) is 0 Å². The molecule has 0 aliphatic heterocycles. The number of benzene rings is 1. The maximum Gasteiger partial charge on any atom is 0.113 e. The molecule has 1 heterocycles. The van der Waals surface area contributed by atoms with Gasteiger partial charge in [-0.1, -0.05) is 27.2 Å². The lowest BCUT2D eigenvalue weighted by molar-refractivity contribution is 0.315. The Morgan fingerprint density at radius 3 is 2.86 bits per heavy atom. The number of fused-ring (bicyclic) bond motifs is 1. The Hall–Kier alpha value is -1.82. The number of hydrogen-bond acceptors (Lipinski definition) is 2. The molecule has 0 N–H and O–H groups in total. The summed E-state index contributed by atoms with van der Waals surface area (Å²) in [6.45, 7) is 7.94. The van der Waals surface area contributed by atoms with Crippen LogP contribution in [-0.4, -0.2) is 9.55 Å². The van der Waals surface area contributed by atoms with Crippen LogP contribution in [0.4, 0.5) is 0 Å². The van der Waals surface area contributed by atoms with E-state index in [0.717, 1.165) is 18.5 Å². The Morgan fingerprint density at radius 2 is 2.24 bits per heavy atom. The predicted molar refractivity (Wildman–Crippen MR) is 85.1 cm³/mol. The van der Waals surface area contributed by atoms with Gasteiger partial charge in [-0.25, -0.2) is 4.98 Å². The topological polar surface area (TPSA) is 41.6 Å². The Bertz CT molecular complexity index is 703. The van der Waals surface area contributed by atoms with Crippen molar-refractivity contribution in [1.82, 2.24) is 9.55 Å². The molecule has 0 radical (unpaired) electrons. The predicted octanol–water partition coefficient (Wildman–Crippen LogP) is 4.61. The first-order valence-electron chi connectivity index (χ1n) is 7.97. The minimum absolute atomic E-state index is 0.324. The lowest BCUT2D eigenvalue weighted by Crippen LogP contribution is -2.19. The molecule has 110 valence electrons. The molecule has 1 fully saturated rings. The van der Waals surface area contributed by atoms with Gasteiger partial charge in [0.05, 0.1) is 22.7 Å². The monoisotopic (exact) mass is 281 g/mol. The Kier molecular flexibility index (Phi) is 3.49. The minimum Gasteiger partial charge on any atom is -0.328 e. The molecule has 1 saturated carbocycles. The lowest BCUT2D eigenvalue weighted by Gasteiger charge is -2.27. The highest BCUT2D eigenvalue weighted by Crippen LogP contribution is 2.48. The molecule has 1 aromatic heterocycles. The highest BCUT2D eigenvalue weighted by molar-refractivity contribution is 5.78. The van der Waals surface area contributed by atoms with Crippen LogP contribution in [-0.2, 0) is 6.54 Å². The number of imidazole rings is 1. The van der Waals surface area contributed by atoms with Crippen molar-refractivity contribution in [3.8, 4) is 6.07 Å². The molecule has 1 aliphatic rings. The lowest BCUT2D eigenvalue weighted by atomic mass is 9.81. The fraction of sp³-hybridized carbons (Fsp3) is 0.556. The van der Waals surface area contributed by atoms with E-state index < -0.39 is 0 Å². The zero-order chi connectivity index (χ0) is 15.0. The maximum absolute atomic E-state index is 9.09. The molecule has 3 rings (SSSR count). The molecule has 0 amide bonds. The van der Waals surface area contributed by atoms with Gasteiger partial charge in [-0.3, -0.25) is 0 Å². The van der Waals surface area contributed by atoms with Crippen molar-refractivity contribution in [3.05, 3.63) is 29.6 Å². The van der Waals surface area contributed by atoms with Crippen LogP contribution in [0.5, 0.6) is 0 Å². The largest absolute Gasteiger partial charge is 0.328 e. The van der Waals surface area contributed by atoms with Gasteiger partial charge < -0.3 is 4.57 Å². The number of nitrogens with zero attached hydrogens (tertiary/aromatic N) is 3. The maximum atomic E-state index is 9.09. The second kappa shape index (κ2) is 5.18. The summed E-state index contributed by atoms with van der Waals surface area (Å²) in [6.07, 6.45) is 4.89. The smallest absolute Gasteiger partial charge is 0.113 e. The van der Waals surface area contributed by atoms with Crippen LogP contribution >= 0.6 is 0 Å². The standard InChI is InChI=1S/C18H23N3/c1-4-10-21-16-8-7-13(12-19)11-15(16)20-17(21)14-6-5-9-18(14,2)3/h7-8,11,14H,4-6,9-10H2,1-3H3. The first-order chi connectivity index (χ1) is 10.1. The summed E-state index contributed by atoms with van der Waals surface area (Å²) in [5.74, 6) is 1.76. The summed E-state index contributed by atoms with van der Waals surface area (Å²) in [6, 6.07) is 8.10. The van der Waals surface area contributed by atoms with Crippen molar-refractivity contribution in [2.24, 2.45) is 5.41 Å². The van der Waals surface area contributed by atoms with Gasteiger partial charge in [0.2, 0.25) is 0 Å². The van der Waals surface area contributed by atoms with E-state index in [0.29, 0.717) is 16.9 Å². The van der Waals surface area contributed by atoms with Gasteiger partial charge in [-0.2, -0.15) is 5.26 Å². The fourth-order valence-electron chi connectivity index (χ4n) is 3.75. The molecule has 1 atom stereocenters. The average Bonchev–Trinajstić information content (AvgIpc) is 2.98. The molecule has 0 spiro atoms. The molecule has 1 unspecified atom stereocenters. The van der Waals surface area contributed by atoms with Crippen LogP contribution in [0.2, 0.25) is 0 Å². The van der Waals surface area contributed by atoms with Crippen molar-refractivity contribution in [1.29, 1.82) is 5.26 Å². The van der Waals surface area contributed by atoms with Crippen LogP contribution in [0.15, 0.2) is 18.2 Å². The van der Waals surface area contributed by atoms with E-state index in [9.17, 15) is 0 Å². The number of aromatic nitrogens is 2. The Balaban J connectivity index is 2.17. The van der Waals surface area contributed by atoms with E-state index in [1.165, 1.54) is 30.6 Å². The zero-order valence-electron chi connectivity index (χ0n) is 13.2. The molecule has 0 saturated heterocycles. The molecule has 1 aliphatic carbocycles. The average molecular weight is 281 g/mol. The van der Waals surface area contributed by atoms with E-state index in [-0.39, 0.29) is 0 Å². The normalized spacial score (nSPS) is 20.8. The summed E-state index contributed by atoms with van der Waals surface area (Å²) < 4.78 is 2.38. The van der Waals surface area contributed by atoms with Gasteiger partial charge in [-0.15, -0.1) is 0 Å². The third kappa shape index (κ3) is 2.33. The van der Waals surface area contributed by atoms with E-state index >= 15 is 0 Å². The van der Waals surface area contributed by atoms with Crippen LogP contribution < -0.4 is 0 Å². The van der Waals surface area contributed by atoms with E-state index in [4.69, 9.17) is 10.2 Å². The minimum atomic E-state index is 0.324. The van der Waals surface area contributed by atoms with Crippen molar-refractivity contribution >= 4 is 11.0 Å². The van der Waals surface area contributed by atoms with Crippen molar-refractivity contribution in [2.75, 3.05) is 0 Å². The fourth-order valence-corrected chi connectivity index (χ4v) is 3.75. The quantitative estimate of drug-likeness (QED) is 0.824. The molecule has 21 heavy (non-hydrogen) atoms. The second-order valence-electron chi connectivity index (χ2n) is 6.87. The number of hydrogen-bond donors (Lipinski definition) is 0. The number of aryl methyl sites for hydroxylation is 1. The second-order valence-corrected chi connectivity index (χ2v) is 6.87. The van der Waals surface area contributed by atoms with Crippen LogP contribution in [0.3, 0.4) is 0 Å². The highest BCUT2D eigenvalue weighted by atomic mass is 15.1. The molecular weight excluding hydrogens is 258 g/mol. The van der Waals surface area contributed by atoms with Gasteiger partial charge in [0, 0.05) is 12.5 Å². The van der Waals surface area contributed by atoms with Crippen molar-refractivity contribution in [3.63, 3.8) is 0 Å². The SMILES string of the molecule is CCCn1c(C2CCCC2(C)C)nc2cc(C#N)ccc21. The van der Waals surface area contributed by atoms with Crippen molar-refractivity contribution in [2.45, 2.75) is 58.9 Å². The highest BCUT2D eigenvalue weighted by Gasteiger charge is 2.38. The summed E-state index contributed by atoms with van der Waals surface area (Å²) >= 11 is 0. The van der Waals surface area contributed by atoms with Gasteiger partial charge in [0.1, 0.15) is 5.82 Å². The molecule has 3 nitrogen and oxygen atoms in total. The summed E-state index contributed by atoms with van der Waals surface area (Å²) in [7, 11) is 0. The Morgan fingerprint density at radius 1 is 1.43 bits per heavy atom. The van der Waals surface area contributed by atoms with Crippen molar-refractivity contribution < 1.29 is 0 Å². The van der Waals surface area contributed by atoms with Gasteiger partial charge in [0.25, 0.3) is 0 Å². The Labute approximate surface area is 126 Å². The zero-order valence-corrected chi connectivity index (χ0v) is 13.2. The molecular formula is C18H23N3. The van der Waals surface area contributed by atoms with E-state index in [2.05, 4.69) is 37.5 Å². The third-order valence-electron chi connectivity index (χ3n) is 4.92. The molecule has 3 heteroatoms. The number of rotatable bonds is 3. The molecule has 2 aromatic rings. The first kappa shape index (κ1) is 14.1. The third-order valence-corrected chi connectivity index (χ3v) is 4.92.